The minimum atomic E-state index is -0.00773. The molecule has 1 aromatic carbocycles. The minimum absolute atomic E-state index is 0.00773. The van der Waals surface area contributed by atoms with Crippen LogP contribution in [0.25, 0.3) is 0 Å². The summed E-state index contributed by atoms with van der Waals surface area (Å²) in [6, 6.07) is 6.48. The summed E-state index contributed by atoms with van der Waals surface area (Å²) in [5, 5.41) is 7.32. The van der Waals surface area contributed by atoms with Gasteiger partial charge in [-0.2, -0.15) is 0 Å². The van der Waals surface area contributed by atoms with Crippen LogP contribution in [-0.2, 0) is 6.42 Å². The molecule has 2 N–H and O–H groups in total. The van der Waals surface area contributed by atoms with Gasteiger partial charge in [0, 0.05) is 12.6 Å². The maximum atomic E-state index is 12.9. The number of carbonyl (C=O) groups excluding carboxylic acids is 1. The van der Waals surface area contributed by atoms with Crippen molar-refractivity contribution >= 4 is 17.5 Å². The summed E-state index contributed by atoms with van der Waals surface area (Å²) in [5.41, 5.74) is 2.16. The molecular formula is C24H37ClN2O. The number of hydrogen-bond acceptors (Lipinski definition) is 2. The van der Waals surface area contributed by atoms with Crippen molar-refractivity contribution < 1.29 is 4.79 Å². The van der Waals surface area contributed by atoms with E-state index in [0.29, 0.717) is 22.0 Å². The largest absolute Gasteiger partial charge is 0.351 e. The Morgan fingerprint density at radius 3 is 2.75 bits per heavy atom. The summed E-state index contributed by atoms with van der Waals surface area (Å²) >= 11 is 6.36. The zero-order valence-electron chi connectivity index (χ0n) is 17.7. The normalized spacial score (nSPS) is 25.3. The Balaban J connectivity index is 1.54. The van der Waals surface area contributed by atoms with Gasteiger partial charge in [-0.15, -0.1) is 0 Å². The van der Waals surface area contributed by atoms with Gasteiger partial charge in [-0.05, 0) is 81.0 Å². The van der Waals surface area contributed by atoms with Crippen molar-refractivity contribution in [2.24, 2.45) is 11.3 Å². The number of halogens is 1. The van der Waals surface area contributed by atoms with Gasteiger partial charge in [-0.3, -0.25) is 4.79 Å². The van der Waals surface area contributed by atoms with Gasteiger partial charge in [0.2, 0.25) is 0 Å². The van der Waals surface area contributed by atoms with Crippen LogP contribution in [0.4, 0.5) is 0 Å². The molecule has 2 aliphatic rings. The maximum Gasteiger partial charge on any atom is 0.252 e. The van der Waals surface area contributed by atoms with E-state index in [-0.39, 0.29) is 5.91 Å². The standard InChI is InChI=1S/C24H37ClN2O/c1-3-18(2)26-14-6-9-19-10-11-22(25)21(15-19)23(28)27-17-24-12-4-7-20(16-24)8-5-13-24/h10-11,15,18,20,26H,3-9,12-14,16-17H2,1-2H3,(H,27,28). The van der Waals surface area contributed by atoms with Crippen LogP contribution in [0.15, 0.2) is 18.2 Å². The third kappa shape index (κ3) is 5.73. The highest BCUT2D eigenvalue weighted by molar-refractivity contribution is 6.33. The van der Waals surface area contributed by atoms with Crippen molar-refractivity contribution in [2.75, 3.05) is 13.1 Å². The summed E-state index contributed by atoms with van der Waals surface area (Å²) in [4.78, 5) is 12.9. The van der Waals surface area contributed by atoms with Crippen molar-refractivity contribution in [3.05, 3.63) is 34.3 Å². The maximum absolute atomic E-state index is 12.9. The van der Waals surface area contributed by atoms with Crippen LogP contribution in [-0.4, -0.2) is 25.0 Å². The lowest BCUT2D eigenvalue weighted by molar-refractivity contribution is 0.0682. The smallest absolute Gasteiger partial charge is 0.252 e. The van der Waals surface area contributed by atoms with Crippen LogP contribution < -0.4 is 10.6 Å². The number of aryl methyl sites for hydroxylation is 1. The molecule has 156 valence electrons. The first-order valence-electron chi connectivity index (χ1n) is 11.3. The van der Waals surface area contributed by atoms with Crippen LogP contribution in [0, 0.1) is 11.3 Å². The highest BCUT2D eigenvalue weighted by Crippen LogP contribution is 2.48. The number of rotatable bonds is 9. The molecule has 3 rings (SSSR count). The molecule has 1 atom stereocenters. The third-order valence-corrected chi connectivity index (χ3v) is 7.34. The van der Waals surface area contributed by atoms with Crippen molar-refractivity contribution in [2.45, 2.75) is 84.1 Å². The topological polar surface area (TPSA) is 41.1 Å². The number of carbonyl (C=O) groups is 1. The number of benzene rings is 1. The van der Waals surface area contributed by atoms with Crippen molar-refractivity contribution in [3.63, 3.8) is 0 Å². The first kappa shape index (κ1) is 21.6. The fourth-order valence-corrected chi connectivity index (χ4v) is 5.32. The molecule has 3 nitrogen and oxygen atoms in total. The second kappa shape index (κ2) is 10.1. The fourth-order valence-electron chi connectivity index (χ4n) is 5.12. The Morgan fingerprint density at radius 2 is 2.04 bits per heavy atom. The second-order valence-electron chi connectivity index (χ2n) is 9.22. The van der Waals surface area contributed by atoms with E-state index in [0.717, 1.165) is 38.3 Å². The summed E-state index contributed by atoms with van der Waals surface area (Å²) in [5.74, 6) is 0.877. The Labute approximate surface area is 176 Å². The van der Waals surface area contributed by atoms with Crippen molar-refractivity contribution in [1.82, 2.24) is 10.6 Å². The Morgan fingerprint density at radius 1 is 1.29 bits per heavy atom. The third-order valence-electron chi connectivity index (χ3n) is 7.01. The van der Waals surface area contributed by atoms with E-state index in [2.05, 4.69) is 24.5 Å². The molecule has 0 aromatic heterocycles. The molecule has 1 aromatic rings. The summed E-state index contributed by atoms with van der Waals surface area (Å²) < 4.78 is 0. The summed E-state index contributed by atoms with van der Waals surface area (Å²) in [7, 11) is 0. The minimum Gasteiger partial charge on any atom is -0.351 e. The van der Waals surface area contributed by atoms with Gasteiger partial charge < -0.3 is 10.6 Å². The van der Waals surface area contributed by atoms with E-state index in [1.165, 1.54) is 50.5 Å². The van der Waals surface area contributed by atoms with Crippen molar-refractivity contribution in [1.29, 1.82) is 0 Å². The fraction of sp³-hybridized carbons (Fsp3) is 0.708. The Kier molecular flexibility index (Phi) is 7.82. The average Bonchev–Trinajstić information content (AvgIpc) is 2.70. The van der Waals surface area contributed by atoms with Crippen LogP contribution in [0.2, 0.25) is 5.02 Å². The highest BCUT2D eigenvalue weighted by Gasteiger charge is 2.39. The molecule has 0 aliphatic heterocycles. The van der Waals surface area contributed by atoms with Gasteiger partial charge >= 0.3 is 0 Å². The van der Waals surface area contributed by atoms with E-state index in [9.17, 15) is 4.79 Å². The van der Waals surface area contributed by atoms with Gasteiger partial charge in [0.25, 0.3) is 5.91 Å². The zero-order chi connectivity index (χ0) is 20.0. The van der Waals surface area contributed by atoms with Gasteiger partial charge in [-0.1, -0.05) is 50.3 Å². The number of hydrogen-bond donors (Lipinski definition) is 2. The van der Waals surface area contributed by atoms with E-state index < -0.39 is 0 Å². The lowest BCUT2D eigenvalue weighted by atomic mass is 9.62. The predicted octanol–water partition coefficient (Wildman–Crippen LogP) is 5.75. The van der Waals surface area contributed by atoms with Crippen molar-refractivity contribution in [3.8, 4) is 0 Å². The lowest BCUT2D eigenvalue weighted by Gasteiger charge is -2.45. The molecule has 0 saturated heterocycles. The monoisotopic (exact) mass is 404 g/mol. The summed E-state index contributed by atoms with van der Waals surface area (Å²) in [6.45, 7) is 6.22. The first-order chi connectivity index (χ1) is 13.5. The molecule has 1 amide bonds. The Hall–Kier alpha value is -1.06. The number of fused-ring (bicyclic) bond motifs is 2. The molecule has 2 saturated carbocycles. The molecule has 2 fully saturated rings. The van der Waals surface area contributed by atoms with Crippen LogP contribution >= 0.6 is 11.6 Å². The highest BCUT2D eigenvalue weighted by atomic mass is 35.5. The molecule has 2 bridgehead atoms. The van der Waals surface area contributed by atoms with E-state index in [1.807, 2.05) is 18.2 Å². The van der Waals surface area contributed by atoms with Crippen LogP contribution in [0.5, 0.6) is 0 Å². The quantitative estimate of drug-likeness (QED) is 0.514. The number of amides is 1. The SMILES string of the molecule is CCC(C)NCCCc1ccc(Cl)c(C(=O)NCC23CCCC(CCC2)C3)c1. The molecule has 4 heteroatoms. The molecule has 2 aliphatic carbocycles. The predicted molar refractivity (Wildman–Crippen MR) is 118 cm³/mol. The molecule has 0 heterocycles. The van der Waals surface area contributed by atoms with E-state index in [4.69, 9.17) is 11.6 Å². The number of nitrogens with one attached hydrogen (secondary N) is 2. The van der Waals surface area contributed by atoms with E-state index in [1.54, 1.807) is 0 Å². The molecule has 0 radical (unpaired) electrons. The van der Waals surface area contributed by atoms with Crippen LogP contribution in [0.3, 0.4) is 0 Å². The second-order valence-corrected chi connectivity index (χ2v) is 9.63. The molecular weight excluding hydrogens is 368 g/mol. The molecule has 28 heavy (non-hydrogen) atoms. The first-order valence-corrected chi connectivity index (χ1v) is 11.7. The van der Waals surface area contributed by atoms with Gasteiger partial charge in [0.15, 0.2) is 0 Å². The molecule has 0 spiro atoms. The summed E-state index contributed by atoms with van der Waals surface area (Å²) in [6.07, 6.45) is 12.4. The Bertz CT molecular complexity index is 650. The lowest BCUT2D eigenvalue weighted by Crippen LogP contribution is -2.43. The van der Waals surface area contributed by atoms with Gasteiger partial charge in [-0.25, -0.2) is 0 Å². The van der Waals surface area contributed by atoms with Gasteiger partial charge in [0.05, 0.1) is 10.6 Å². The average molecular weight is 405 g/mol. The zero-order valence-corrected chi connectivity index (χ0v) is 18.4. The van der Waals surface area contributed by atoms with E-state index >= 15 is 0 Å². The molecule has 1 unspecified atom stereocenters. The van der Waals surface area contributed by atoms with Crippen LogP contribution in [0.1, 0.15) is 87.6 Å². The van der Waals surface area contributed by atoms with Gasteiger partial charge in [0.1, 0.15) is 0 Å².